The summed E-state index contributed by atoms with van der Waals surface area (Å²) in [5.74, 6) is 0.525. The van der Waals surface area contributed by atoms with Gasteiger partial charge in [0, 0.05) is 28.3 Å². The van der Waals surface area contributed by atoms with E-state index in [2.05, 4.69) is 71.3 Å². The molecule has 220 valence electrons. The Labute approximate surface area is 272 Å². The summed E-state index contributed by atoms with van der Waals surface area (Å²) in [4.78, 5) is 20.7. The molecule has 7 aromatic rings. The summed E-state index contributed by atoms with van der Waals surface area (Å²) in [5, 5.41) is 22.0. The molecule has 0 radical (unpaired) electrons. The van der Waals surface area contributed by atoms with Crippen molar-refractivity contribution in [2.75, 3.05) is 0 Å². The predicted molar refractivity (Wildman–Crippen MR) is 186 cm³/mol. The number of aromatic nitrogens is 1. The first-order chi connectivity index (χ1) is 22.0. The molecule has 1 aromatic heterocycles. The van der Waals surface area contributed by atoms with E-state index >= 15 is 0 Å². The Kier molecular flexibility index (Phi) is 8.06. The first-order valence-electron chi connectivity index (χ1n) is 14.3. The normalized spacial score (nSPS) is 11.4. The van der Waals surface area contributed by atoms with Crippen molar-refractivity contribution >= 4 is 56.2 Å². The van der Waals surface area contributed by atoms with Crippen LogP contribution in [0.15, 0.2) is 179 Å². The van der Waals surface area contributed by atoms with Crippen molar-refractivity contribution in [3.05, 3.63) is 150 Å². The van der Waals surface area contributed by atoms with Crippen LogP contribution in [0.3, 0.4) is 0 Å². The number of para-hydroxylation sites is 3. The Morgan fingerprint density at radius 1 is 0.533 bits per heavy atom. The summed E-state index contributed by atoms with van der Waals surface area (Å²) < 4.78 is 2.09. The van der Waals surface area contributed by atoms with E-state index in [9.17, 15) is 15.0 Å². The Balaban J connectivity index is 1.31. The third kappa shape index (κ3) is 5.82. The molecule has 0 aliphatic rings. The number of benzene rings is 6. The maximum atomic E-state index is 13.7. The van der Waals surface area contributed by atoms with E-state index < -0.39 is 10.9 Å². The number of pyridine rings is 1. The predicted octanol–water partition coefficient (Wildman–Crippen LogP) is 9.50. The fourth-order valence-electron chi connectivity index (χ4n) is 5.39. The van der Waals surface area contributed by atoms with E-state index in [4.69, 9.17) is 0 Å². The molecule has 0 aliphatic heterocycles. The molecule has 0 bridgehead atoms. The molecule has 0 amide bonds. The van der Waals surface area contributed by atoms with Crippen molar-refractivity contribution in [3.63, 3.8) is 0 Å². The maximum Gasteiger partial charge on any atom is 0.197 e. The molecule has 0 atom stereocenters. The molecular formula is C38H28NO3S3+. The van der Waals surface area contributed by atoms with Gasteiger partial charge < -0.3 is 14.8 Å². The molecule has 7 rings (SSSR count). The summed E-state index contributed by atoms with van der Waals surface area (Å²) in [6, 6.07) is 45.6. The SMILES string of the molecule is Cn1c2ccccc2c(=O)c2cc([S+](c3ccc(Sc4ccccc4O)cc3)c3ccc(Sc4ccccc4O)cc3)ccc21. The number of hydrogen-bond acceptors (Lipinski definition) is 5. The van der Waals surface area contributed by atoms with Gasteiger partial charge in [0.2, 0.25) is 0 Å². The smallest absolute Gasteiger partial charge is 0.197 e. The van der Waals surface area contributed by atoms with Crippen LogP contribution in [0.2, 0.25) is 0 Å². The Hall–Kier alpha value is -4.56. The Bertz CT molecular complexity index is 2140. The van der Waals surface area contributed by atoms with E-state index in [1.54, 1.807) is 12.1 Å². The number of fused-ring (bicyclic) bond motifs is 2. The molecule has 0 fully saturated rings. The molecule has 0 saturated carbocycles. The van der Waals surface area contributed by atoms with Gasteiger partial charge in [-0.15, -0.1) is 0 Å². The van der Waals surface area contributed by atoms with Crippen LogP contribution < -0.4 is 5.43 Å². The van der Waals surface area contributed by atoms with Crippen LogP contribution in [0.1, 0.15) is 0 Å². The highest BCUT2D eigenvalue weighted by atomic mass is 32.2. The fourth-order valence-corrected chi connectivity index (χ4v) is 9.15. The monoisotopic (exact) mass is 642 g/mol. The lowest BCUT2D eigenvalue weighted by molar-refractivity contribution is 0.462. The Morgan fingerprint density at radius 2 is 1.00 bits per heavy atom. The molecule has 2 N–H and O–H groups in total. The van der Waals surface area contributed by atoms with Gasteiger partial charge in [-0.3, -0.25) is 4.79 Å². The average molecular weight is 643 g/mol. The van der Waals surface area contributed by atoms with Crippen LogP contribution in [0.25, 0.3) is 21.8 Å². The van der Waals surface area contributed by atoms with Crippen molar-refractivity contribution in [3.8, 4) is 11.5 Å². The minimum Gasteiger partial charge on any atom is -0.507 e. The molecule has 7 heteroatoms. The van der Waals surface area contributed by atoms with Gasteiger partial charge in [0.1, 0.15) is 11.5 Å². The third-order valence-electron chi connectivity index (χ3n) is 7.62. The van der Waals surface area contributed by atoms with Crippen LogP contribution in [-0.4, -0.2) is 14.8 Å². The van der Waals surface area contributed by atoms with E-state index in [-0.39, 0.29) is 16.9 Å². The molecular weight excluding hydrogens is 615 g/mol. The molecule has 0 unspecified atom stereocenters. The average Bonchev–Trinajstić information content (AvgIpc) is 3.07. The number of phenolic OH excluding ortho intramolecular Hbond substituents is 2. The number of rotatable bonds is 7. The molecule has 4 nitrogen and oxygen atoms in total. The highest BCUT2D eigenvalue weighted by molar-refractivity contribution is 7.99. The summed E-state index contributed by atoms with van der Waals surface area (Å²) in [7, 11) is 1.50. The number of aryl methyl sites for hydroxylation is 1. The molecule has 45 heavy (non-hydrogen) atoms. The second-order valence-electron chi connectivity index (χ2n) is 10.5. The highest BCUT2D eigenvalue weighted by Gasteiger charge is 2.30. The molecule has 0 spiro atoms. The second-order valence-corrected chi connectivity index (χ2v) is 14.7. The van der Waals surface area contributed by atoms with Gasteiger partial charge in [-0.25, -0.2) is 0 Å². The first kappa shape index (κ1) is 29.2. The van der Waals surface area contributed by atoms with Crippen LogP contribution >= 0.6 is 23.5 Å². The first-order valence-corrected chi connectivity index (χ1v) is 17.2. The van der Waals surface area contributed by atoms with Crippen molar-refractivity contribution in [1.82, 2.24) is 4.57 Å². The summed E-state index contributed by atoms with van der Waals surface area (Å²) >= 11 is 3.05. The summed E-state index contributed by atoms with van der Waals surface area (Å²) in [5.41, 5.74) is 1.85. The van der Waals surface area contributed by atoms with Gasteiger partial charge in [0.15, 0.2) is 20.1 Å². The quantitative estimate of drug-likeness (QED) is 0.134. The highest BCUT2D eigenvalue weighted by Crippen LogP contribution is 2.39. The van der Waals surface area contributed by atoms with Gasteiger partial charge in [0.25, 0.3) is 0 Å². The number of hydrogen-bond donors (Lipinski definition) is 2. The fraction of sp³-hybridized carbons (Fsp3) is 0.0263. The van der Waals surface area contributed by atoms with E-state index in [1.165, 1.54) is 23.5 Å². The van der Waals surface area contributed by atoms with Gasteiger partial charge in [-0.2, -0.15) is 0 Å². The van der Waals surface area contributed by atoms with Gasteiger partial charge >= 0.3 is 0 Å². The lowest BCUT2D eigenvalue weighted by atomic mass is 10.1. The number of aromatic hydroxyl groups is 2. The zero-order valence-corrected chi connectivity index (χ0v) is 26.7. The van der Waals surface area contributed by atoms with Gasteiger partial charge in [0.05, 0.1) is 37.1 Å². The van der Waals surface area contributed by atoms with Crippen LogP contribution in [0.5, 0.6) is 11.5 Å². The Morgan fingerprint density at radius 3 is 1.56 bits per heavy atom. The zero-order valence-electron chi connectivity index (χ0n) is 24.3. The zero-order chi connectivity index (χ0) is 30.9. The molecule has 0 saturated heterocycles. The number of nitrogens with zero attached hydrogens (tertiary/aromatic N) is 1. The van der Waals surface area contributed by atoms with Crippen LogP contribution in [0.4, 0.5) is 0 Å². The minimum absolute atomic E-state index is 0.0351. The third-order valence-corrected chi connectivity index (χ3v) is 12.0. The molecule has 0 aliphatic carbocycles. The van der Waals surface area contributed by atoms with Gasteiger partial charge in [-0.05, 0) is 97.1 Å². The van der Waals surface area contributed by atoms with Crippen LogP contribution in [-0.2, 0) is 17.9 Å². The van der Waals surface area contributed by atoms with Crippen molar-refractivity contribution in [1.29, 1.82) is 0 Å². The van der Waals surface area contributed by atoms with Crippen molar-refractivity contribution < 1.29 is 10.2 Å². The lowest BCUT2D eigenvalue weighted by Gasteiger charge is -2.13. The van der Waals surface area contributed by atoms with Crippen molar-refractivity contribution in [2.24, 2.45) is 7.05 Å². The van der Waals surface area contributed by atoms with E-state index in [0.717, 1.165) is 45.3 Å². The topological polar surface area (TPSA) is 62.5 Å². The standard InChI is InChI=1S/C38H27NO3S3/c1-39-32-9-3-2-8-30(32)38(42)31-24-29(22-23-33(31)39)45(27-18-14-25(15-19-27)43-36-12-6-4-10-34(36)40)28-20-16-26(17-21-28)44-37-13-7-5-11-35(37)41/h2-24H,1H3,(H-,40,41)/p+1. The van der Waals surface area contributed by atoms with E-state index in [0.29, 0.717) is 10.8 Å². The second kappa shape index (κ2) is 12.4. The summed E-state index contributed by atoms with van der Waals surface area (Å²) in [6.45, 7) is 0. The van der Waals surface area contributed by atoms with Crippen LogP contribution in [0, 0.1) is 0 Å². The van der Waals surface area contributed by atoms with Crippen molar-refractivity contribution in [2.45, 2.75) is 34.3 Å². The lowest BCUT2D eigenvalue weighted by Crippen LogP contribution is -2.11. The summed E-state index contributed by atoms with van der Waals surface area (Å²) in [6.07, 6.45) is 0. The maximum absolute atomic E-state index is 13.7. The minimum atomic E-state index is -0.503. The van der Waals surface area contributed by atoms with Gasteiger partial charge in [-0.1, -0.05) is 59.9 Å². The largest absolute Gasteiger partial charge is 0.507 e. The van der Waals surface area contributed by atoms with E-state index in [1.807, 2.05) is 67.7 Å². The molecule has 6 aromatic carbocycles. The molecule has 1 heterocycles. The number of phenols is 2.